The van der Waals surface area contributed by atoms with Crippen molar-refractivity contribution in [1.82, 2.24) is 0 Å². The molecule has 1 aromatic rings. The number of nitrogens with zero attached hydrogens (tertiary/aromatic N) is 1. The normalized spacial score (nSPS) is 21.1. The molecule has 0 spiro atoms. The molecule has 3 heteroatoms. The third kappa shape index (κ3) is 1.58. The first-order chi connectivity index (χ1) is 6.66. The number of anilines is 1. The van der Waals surface area contributed by atoms with E-state index in [2.05, 4.69) is 0 Å². The van der Waals surface area contributed by atoms with E-state index in [0.717, 1.165) is 5.69 Å². The molecule has 2 rings (SSSR count). The molecule has 0 aromatic heterocycles. The highest BCUT2D eigenvalue weighted by Crippen LogP contribution is 2.21. The molecule has 1 amide bonds. The highest BCUT2D eigenvalue weighted by molar-refractivity contribution is 5.89. The molecule has 0 unspecified atom stereocenters. The first-order valence-corrected chi connectivity index (χ1v) is 4.71. The van der Waals surface area contributed by atoms with Crippen LogP contribution >= 0.6 is 0 Å². The second-order valence-electron chi connectivity index (χ2n) is 3.64. The Bertz CT molecular complexity index is 345. The van der Waals surface area contributed by atoms with Crippen molar-refractivity contribution in [3.8, 4) is 0 Å². The van der Waals surface area contributed by atoms with E-state index in [-0.39, 0.29) is 12.2 Å². The predicted molar refractivity (Wildman–Crippen MR) is 54.5 cm³/mol. The van der Waals surface area contributed by atoms with E-state index >= 15 is 0 Å². The highest BCUT2D eigenvalue weighted by Gasteiger charge is 2.28. The van der Waals surface area contributed by atoms with Gasteiger partial charge in [-0.25, -0.2) is 4.79 Å². The smallest absolute Gasteiger partial charge is 0.414 e. The quantitative estimate of drug-likeness (QED) is 0.681. The monoisotopic (exact) mass is 191 g/mol. The molecule has 1 saturated heterocycles. The summed E-state index contributed by atoms with van der Waals surface area (Å²) in [5.41, 5.74) is 2.10. The number of carbonyl (C=O) groups is 1. The average Bonchev–Trinajstić information content (AvgIpc) is 2.47. The Morgan fingerprint density at radius 1 is 1.36 bits per heavy atom. The maximum atomic E-state index is 11.4. The number of hydrogen-bond donors (Lipinski definition) is 0. The van der Waals surface area contributed by atoms with Gasteiger partial charge in [-0.05, 0) is 26.0 Å². The van der Waals surface area contributed by atoms with Crippen LogP contribution in [0.5, 0.6) is 0 Å². The van der Waals surface area contributed by atoms with E-state index in [9.17, 15) is 4.79 Å². The number of benzene rings is 1. The van der Waals surface area contributed by atoms with Crippen LogP contribution in [0.3, 0.4) is 0 Å². The third-order valence-electron chi connectivity index (χ3n) is 2.31. The zero-order valence-corrected chi connectivity index (χ0v) is 8.36. The van der Waals surface area contributed by atoms with Crippen molar-refractivity contribution in [2.45, 2.75) is 20.0 Å². The summed E-state index contributed by atoms with van der Waals surface area (Å²) in [6.07, 6.45) is -0.259. The lowest BCUT2D eigenvalue weighted by molar-refractivity contribution is 0.150. The van der Waals surface area contributed by atoms with Gasteiger partial charge in [0.05, 0.1) is 6.54 Å². The Balaban J connectivity index is 2.23. The summed E-state index contributed by atoms with van der Waals surface area (Å²) >= 11 is 0. The molecular weight excluding hydrogens is 178 g/mol. The predicted octanol–water partition coefficient (Wildman–Crippen LogP) is 2.34. The molecule has 74 valence electrons. The largest absolute Gasteiger partial charge is 0.444 e. The minimum atomic E-state index is -0.249. The van der Waals surface area contributed by atoms with E-state index in [1.165, 1.54) is 5.56 Å². The molecule has 14 heavy (non-hydrogen) atoms. The van der Waals surface area contributed by atoms with Crippen LogP contribution in [-0.2, 0) is 4.74 Å². The van der Waals surface area contributed by atoms with Gasteiger partial charge in [-0.3, -0.25) is 4.90 Å². The minimum absolute atomic E-state index is 0.0104. The maximum Gasteiger partial charge on any atom is 0.414 e. The second kappa shape index (κ2) is 3.33. The van der Waals surface area contributed by atoms with Crippen LogP contribution in [-0.4, -0.2) is 18.7 Å². The number of amides is 1. The number of hydrogen-bond acceptors (Lipinski definition) is 2. The van der Waals surface area contributed by atoms with Crippen molar-refractivity contribution >= 4 is 11.8 Å². The molecule has 1 aromatic carbocycles. The SMILES string of the molecule is Cc1ccc(N2C[C@H](C)OC2=O)cc1. The van der Waals surface area contributed by atoms with Crippen molar-refractivity contribution in [2.24, 2.45) is 0 Å². The fraction of sp³-hybridized carbons (Fsp3) is 0.364. The van der Waals surface area contributed by atoms with Gasteiger partial charge in [0, 0.05) is 5.69 Å². The third-order valence-corrected chi connectivity index (χ3v) is 2.31. The summed E-state index contributed by atoms with van der Waals surface area (Å²) in [5.74, 6) is 0. The summed E-state index contributed by atoms with van der Waals surface area (Å²) in [6, 6.07) is 7.86. The standard InChI is InChI=1S/C11H13NO2/c1-8-3-5-10(6-4-8)12-7-9(2)14-11(12)13/h3-6,9H,7H2,1-2H3/t9-/m0/s1. The Hall–Kier alpha value is -1.51. The van der Waals surface area contributed by atoms with Gasteiger partial charge in [0.1, 0.15) is 6.10 Å². The number of carbonyl (C=O) groups excluding carboxylic acids is 1. The number of ether oxygens (including phenoxy) is 1. The molecular formula is C11H13NO2. The van der Waals surface area contributed by atoms with Crippen LogP contribution in [0.1, 0.15) is 12.5 Å². The van der Waals surface area contributed by atoms with Crippen molar-refractivity contribution in [3.63, 3.8) is 0 Å². The van der Waals surface area contributed by atoms with Gasteiger partial charge >= 0.3 is 6.09 Å². The summed E-state index contributed by atoms with van der Waals surface area (Å²) in [6.45, 7) is 4.56. The van der Waals surface area contributed by atoms with Gasteiger partial charge in [-0.2, -0.15) is 0 Å². The molecule has 1 aliphatic rings. The number of cyclic esters (lactones) is 1. The van der Waals surface area contributed by atoms with Crippen molar-refractivity contribution in [3.05, 3.63) is 29.8 Å². The van der Waals surface area contributed by atoms with E-state index in [0.29, 0.717) is 6.54 Å². The zero-order chi connectivity index (χ0) is 10.1. The van der Waals surface area contributed by atoms with Crippen LogP contribution in [0.4, 0.5) is 10.5 Å². The first-order valence-electron chi connectivity index (χ1n) is 4.71. The molecule has 1 aliphatic heterocycles. The van der Waals surface area contributed by atoms with Crippen LogP contribution in [0, 0.1) is 6.92 Å². The lowest BCUT2D eigenvalue weighted by Crippen LogP contribution is -2.23. The number of aryl methyl sites for hydroxylation is 1. The Morgan fingerprint density at radius 3 is 2.50 bits per heavy atom. The van der Waals surface area contributed by atoms with Gasteiger partial charge in [-0.15, -0.1) is 0 Å². The Kier molecular flexibility index (Phi) is 2.15. The molecule has 1 heterocycles. The summed E-state index contributed by atoms with van der Waals surface area (Å²) in [4.78, 5) is 13.0. The van der Waals surface area contributed by atoms with Crippen LogP contribution in [0.15, 0.2) is 24.3 Å². The van der Waals surface area contributed by atoms with E-state index in [1.807, 2.05) is 38.1 Å². The van der Waals surface area contributed by atoms with Gasteiger partial charge in [0.15, 0.2) is 0 Å². The lowest BCUT2D eigenvalue weighted by atomic mass is 10.2. The van der Waals surface area contributed by atoms with Gasteiger partial charge in [0.25, 0.3) is 0 Å². The molecule has 0 N–H and O–H groups in total. The van der Waals surface area contributed by atoms with E-state index in [1.54, 1.807) is 4.90 Å². The van der Waals surface area contributed by atoms with Gasteiger partial charge in [0.2, 0.25) is 0 Å². The van der Waals surface area contributed by atoms with Crippen LogP contribution in [0.2, 0.25) is 0 Å². The Labute approximate surface area is 83.3 Å². The minimum Gasteiger partial charge on any atom is -0.444 e. The molecule has 0 saturated carbocycles. The zero-order valence-electron chi connectivity index (χ0n) is 8.36. The topological polar surface area (TPSA) is 29.5 Å². The molecule has 1 fully saturated rings. The maximum absolute atomic E-state index is 11.4. The van der Waals surface area contributed by atoms with Crippen LogP contribution in [0.25, 0.3) is 0 Å². The van der Waals surface area contributed by atoms with Crippen molar-refractivity contribution in [2.75, 3.05) is 11.4 Å². The summed E-state index contributed by atoms with van der Waals surface area (Å²) < 4.78 is 5.05. The second-order valence-corrected chi connectivity index (χ2v) is 3.64. The highest BCUT2D eigenvalue weighted by atomic mass is 16.6. The van der Waals surface area contributed by atoms with Crippen molar-refractivity contribution < 1.29 is 9.53 Å². The fourth-order valence-electron chi connectivity index (χ4n) is 1.54. The fourth-order valence-corrected chi connectivity index (χ4v) is 1.54. The van der Waals surface area contributed by atoms with Gasteiger partial charge < -0.3 is 4.74 Å². The summed E-state index contributed by atoms with van der Waals surface area (Å²) in [5, 5.41) is 0. The van der Waals surface area contributed by atoms with Crippen molar-refractivity contribution in [1.29, 1.82) is 0 Å². The molecule has 0 bridgehead atoms. The summed E-state index contributed by atoms with van der Waals surface area (Å²) in [7, 11) is 0. The molecule has 1 atom stereocenters. The molecule has 0 aliphatic carbocycles. The first kappa shape index (κ1) is 9.06. The van der Waals surface area contributed by atoms with E-state index < -0.39 is 0 Å². The molecule has 3 nitrogen and oxygen atoms in total. The van der Waals surface area contributed by atoms with Gasteiger partial charge in [-0.1, -0.05) is 17.7 Å². The lowest BCUT2D eigenvalue weighted by Gasteiger charge is -2.12. The number of rotatable bonds is 1. The van der Waals surface area contributed by atoms with E-state index in [4.69, 9.17) is 4.74 Å². The van der Waals surface area contributed by atoms with Crippen LogP contribution < -0.4 is 4.90 Å². The average molecular weight is 191 g/mol. The molecule has 0 radical (unpaired) electrons. The Morgan fingerprint density at radius 2 is 2.00 bits per heavy atom.